The van der Waals surface area contributed by atoms with E-state index in [1.54, 1.807) is 6.92 Å². The summed E-state index contributed by atoms with van der Waals surface area (Å²) in [6.07, 6.45) is 2.25. The molecule has 1 saturated heterocycles. The molecule has 88 valence electrons. The van der Waals surface area contributed by atoms with Crippen LogP contribution in [0.1, 0.15) is 33.6 Å². The summed E-state index contributed by atoms with van der Waals surface area (Å²) in [6, 6.07) is 0.577. The van der Waals surface area contributed by atoms with Crippen LogP contribution in [-0.2, 0) is 4.79 Å². The van der Waals surface area contributed by atoms with E-state index in [-0.39, 0.29) is 0 Å². The van der Waals surface area contributed by atoms with Gasteiger partial charge in [-0.2, -0.15) is 0 Å². The molecule has 0 aromatic rings. The Hall–Kier alpha value is -0.410. The van der Waals surface area contributed by atoms with Crippen molar-refractivity contribution in [2.24, 2.45) is 5.92 Å². The van der Waals surface area contributed by atoms with Gasteiger partial charge in [-0.3, -0.25) is 4.79 Å². The van der Waals surface area contributed by atoms with Crippen LogP contribution in [0, 0.1) is 5.92 Å². The Morgan fingerprint density at radius 3 is 2.80 bits per heavy atom. The van der Waals surface area contributed by atoms with Crippen LogP contribution >= 0.6 is 0 Å². The van der Waals surface area contributed by atoms with Crippen molar-refractivity contribution in [3.05, 3.63) is 0 Å². The number of carbonyl (C=O) groups is 1. The van der Waals surface area contributed by atoms with Gasteiger partial charge in [0.2, 0.25) is 0 Å². The van der Waals surface area contributed by atoms with E-state index < -0.39 is 0 Å². The molecule has 1 unspecified atom stereocenters. The summed E-state index contributed by atoms with van der Waals surface area (Å²) in [7, 11) is 0. The number of nitrogens with one attached hydrogen (secondary N) is 1. The standard InChI is InChI=1S/C12H24N2O/c1-10(2)13-6-4-7-14-8-5-12(9-14)11(3)15/h10,12-13H,4-9H2,1-3H3. The lowest BCUT2D eigenvalue weighted by atomic mass is 10.1. The molecule has 3 nitrogen and oxygen atoms in total. The van der Waals surface area contributed by atoms with E-state index in [0.29, 0.717) is 17.7 Å². The van der Waals surface area contributed by atoms with Crippen molar-refractivity contribution in [3.8, 4) is 0 Å². The highest BCUT2D eigenvalue weighted by Crippen LogP contribution is 2.16. The summed E-state index contributed by atoms with van der Waals surface area (Å²) < 4.78 is 0. The Bertz CT molecular complexity index is 204. The maximum Gasteiger partial charge on any atom is 0.134 e. The van der Waals surface area contributed by atoms with Crippen molar-refractivity contribution < 1.29 is 4.79 Å². The second-order valence-electron chi connectivity index (χ2n) is 4.86. The van der Waals surface area contributed by atoms with Gasteiger partial charge < -0.3 is 10.2 Å². The number of nitrogens with zero attached hydrogens (tertiary/aromatic N) is 1. The summed E-state index contributed by atoms with van der Waals surface area (Å²) in [5.74, 6) is 0.667. The zero-order chi connectivity index (χ0) is 11.3. The number of likely N-dealkylation sites (tertiary alicyclic amines) is 1. The number of ketones is 1. The van der Waals surface area contributed by atoms with Crippen LogP contribution in [-0.4, -0.2) is 42.9 Å². The smallest absolute Gasteiger partial charge is 0.134 e. The molecule has 1 rings (SSSR count). The average molecular weight is 212 g/mol. The van der Waals surface area contributed by atoms with Gasteiger partial charge in [-0.1, -0.05) is 13.8 Å². The highest BCUT2D eigenvalue weighted by molar-refractivity contribution is 5.78. The van der Waals surface area contributed by atoms with Gasteiger partial charge in [0.05, 0.1) is 0 Å². The van der Waals surface area contributed by atoms with E-state index in [9.17, 15) is 4.79 Å². The molecule has 1 atom stereocenters. The molecule has 0 amide bonds. The number of rotatable bonds is 6. The predicted molar refractivity (Wildman–Crippen MR) is 63.0 cm³/mol. The van der Waals surface area contributed by atoms with Crippen LogP contribution in [0.2, 0.25) is 0 Å². The van der Waals surface area contributed by atoms with Crippen LogP contribution in [0.25, 0.3) is 0 Å². The lowest BCUT2D eigenvalue weighted by Gasteiger charge is -2.16. The molecule has 0 aromatic carbocycles. The first-order valence-electron chi connectivity index (χ1n) is 6.05. The third-order valence-corrected chi connectivity index (χ3v) is 3.05. The van der Waals surface area contributed by atoms with Crippen LogP contribution in [0.15, 0.2) is 0 Å². The predicted octanol–water partition coefficient (Wildman–Crippen LogP) is 1.29. The summed E-state index contributed by atoms with van der Waals surface area (Å²) in [5, 5.41) is 3.41. The van der Waals surface area contributed by atoms with Crippen LogP contribution < -0.4 is 5.32 Å². The molecule has 0 spiro atoms. The summed E-state index contributed by atoms with van der Waals surface area (Å²) in [5.41, 5.74) is 0. The molecule has 1 aliphatic heterocycles. The largest absolute Gasteiger partial charge is 0.314 e. The van der Waals surface area contributed by atoms with E-state index in [0.717, 1.165) is 32.6 Å². The first kappa shape index (κ1) is 12.7. The molecule has 3 heteroatoms. The SMILES string of the molecule is CC(=O)C1CCN(CCCNC(C)C)C1. The Balaban J connectivity index is 2.06. The van der Waals surface area contributed by atoms with E-state index in [1.807, 2.05) is 0 Å². The van der Waals surface area contributed by atoms with Gasteiger partial charge >= 0.3 is 0 Å². The van der Waals surface area contributed by atoms with Gasteiger partial charge in [-0.15, -0.1) is 0 Å². The van der Waals surface area contributed by atoms with Gasteiger partial charge in [0.15, 0.2) is 0 Å². The minimum Gasteiger partial charge on any atom is -0.314 e. The molecule has 15 heavy (non-hydrogen) atoms. The zero-order valence-electron chi connectivity index (χ0n) is 10.3. The van der Waals surface area contributed by atoms with E-state index in [1.165, 1.54) is 6.42 Å². The van der Waals surface area contributed by atoms with Crippen molar-refractivity contribution in [2.75, 3.05) is 26.2 Å². The van der Waals surface area contributed by atoms with Gasteiger partial charge in [-0.25, -0.2) is 0 Å². The summed E-state index contributed by atoms with van der Waals surface area (Å²) >= 11 is 0. The number of carbonyl (C=O) groups excluding carboxylic acids is 1. The second kappa shape index (κ2) is 6.23. The van der Waals surface area contributed by atoms with Gasteiger partial charge in [0.1, 0.15) is 5.78 Å². The molecular weight excluding hydrogens is 188 g/mol. The molecule has 0 saturated carbocycles. The molecule has 1 heterocycles. The second-order valence-corrected chi connectivity index (χ2v) is 4.86. The summed E-state index contributed by atoms with van der Waals surface area (Å²) in [4.78, 5) is 13.6. The first-order valence-corrected chi connectivity index (χ1v) is 6.05. The highest BCUT2D eigenvalue weighted by atomic mass is 16.1. The molecule has 1 N–H and O–H groups in total. The summed E-state index contributed by atoms with van der Waals surface area (Å²) in [6.45, 7) is 10.4. The third-order valence-electron chi connectivity index (χ3n) is 3.05. The number of hydrogen-bond donors (Lipinski definition) is 1. The first-order chi connectivity index (χ1) is 7.09. The van der Waals surface area contributed by atoms with Crippen LogP contribution in [0.4, 0.5) is 0 Å². The molecule has 0 aromatic heterocycles. The quantitative estimate of drug-likeness (QED) is 0.673. The molecule has 1 aliphatic rings. The lowest BCUT2D eigenvalue weighted by Crippen LogP contribution is -2.29. The Labute approximate surface area is 93.2 Å². The van der Waals surface area contributed by atoms with Crippen molar-refractivity contribution in [1.82, 2.24) is 10.2 Å². The fourth-order valence-corrected chi connectivity index (χ4v) is 2.06. The number of Topliss-reactive ketones (excluding diaryl/α,β-unsaturated/α-hetero) is 1. The molecule has 1 fully saturated rings. The monoisotopic (exact) mass is 212 g/mol. The fraction of sp³-hybridized carbons (Fsp3) is 0.917. The average Bonchev–Trinajstić information content (AvgIpc) is 2.60. The minimum atomic E-state index is 0.308. The van der Waals surface area contributed by atoms with Gasteiger partial charge in [-0.05, 0) is 39.4 Å². The molecular formula is C12H24N2O. The maximum atomic E-state index is 11.2. The van der Waals surface area contributed by atoms with Crippen molar-refractivity contribution in [2.45, 2.75) is 39.7 Å². The minimum absolute atomic E-state index is 0.308. The van der Waals surface area contributed by atoms with Gasteiger partial charge in [0.25, 0.3) is 0 Å². The van der Waals surface area contributed by atoms with Crippen molar-refractivity contribution in [1.29, 1.82) is 0 Å². The Morgan fingerprint density at radius 2 is 2.27 bits per heavy atom. The Kier molecular flexibility index (Phi) is 5.26. The lowest BCUT2D eigenvalue weighted by molar-refractivity contribution is -0.120. The van der Waals surface area contributed by atoms with Crippen molar-refractivity contribution in [3.63, 3.8) is 0 Å². The Morgan fingerprint density at radius 1 is 1.53 bits per heavy atom. The zero-order valence-corrected chi connectivity index (χ0v) is 10.3. The fourth-order valence-electron chi connectivity index (χ4n) is 2.06. The van der Waals surface area contributed by atoms with Crippen LogP contribution in [0.5, 0.6) is 0 Å². The number of hydrogen-bond acceptors (Lipinski definition) is 3. The van der Waals surface area contributed by atoms with E-state index in [4.69, 9.17) is 0 Å². The highest BCUT2D eigenvalue weighted by Gasteiger charge is 2.24. The van der Waals surface area contributed by atoms with E-state index >= 15 is 0 Å². The molecule has 0 radical (unpaired) electrons. The third kappa shape index (κ3) is 4.76. The van der Waals surface area contributed by atoms with Gasteiger partial charge in [0, 0.05) is 18.5 Å². The van der Waals surface area contributed by atoms with E-state index in [2.05, 4.69) is 24.1 Å². The van der Waals surface area contributed by atoms with Crippen molar-refractivity contribution >= 4 is 5.78 Å². The topological polar surface area (TPSA) is 32.3 Å². The molecule has 0 aliphatic carbocycles. The van der Waals surface area contributed by atoms with Crippen LogP contribution in [0.3, 0.4) is 0 Å². The maximum absolute atomic E-state index is 11.2. The normalized spacial score (nSPS) is 22.5. The molecule has 0 bridgehead atoms.